The van der Waals surface area contributed by atoms with E-state index in [1.54, 1.807) is 19.2 Å². The number of amides is 1. The highest BCUT2D eigenvalue weighted by Gasteiger charge is 2.12. The van der Waals surface area contributed by atoms with Crippen molar-refractivity contribution in [2.24, 2.45) is 0 Å². The van der Waals surface area contributed by atoms with Gasteiger partial charge in [0.1, 0.15) is 11.3 Å². The van der Waals surface area contributed by atoms with Gasteiger partial charge in [0.05, 0.1) is 11.8 Å². The first-order valence-corrected chi connectivity index (χ1v) is 8.07. The zero-order chi connectivity index (χ0) is 14.8. The number of rotatable bonds is 3. The van der Waals surface area contributed by atoms with E-state index >= 15 is 0 Å². The lowest BCUT2D eigenvalue weighted by molar-refractivity contribution is 0.102. The minimum Gasteiger partial charge on any atom is -0.494 e. The number of thiazole rings is 1. The number of hydrogen-bond donors (Lipinski definition) is 1. The van der Waals surface area contributed by atoms with Crippen molar-refractivity contribution in [3.8, 4) is 5.75 Å². The summed E-state index contributed by atoms with van der Waals surface area (Å²) in [6.07, 6.45) is 0. The third-order valence-corrected chi connectivity index (χ3v) is 4.58. The molecule has 0 aliphatic heterocycles. The molecule has 0 saturated carbocycles. The Bertz CT molecular complexity index is 799. The number of para-hydroxylation sites is 1. The van der Waals surface area contributed by atoms with Gasteiger partial charge in [-0.3, -0.25) is 10.1 Å². The van der Waals surface area contributed by atoms with Gasteiger partial charge in [-0.15, -0.1) is 0 Å². The fourth-order valence-corrected chi connectivity index (χ4v) is 3.15. The summed E-state index contributed by atoms with van der Waals surface area (Å²) in [4.78, 5) is 16.6. The number of carbonyl (C=O) groups is 1. The van der Waals surface area contributed by atoms with Crippen molar-refractivity contribution < 1.29 is 9.53 Å². The van der Waals surface area contributed by atoms with Crippen LogP contribution in [0.3, 0.4) is 0 Å². The average Bonchev–Trinajstić information content (AvgIpc) is 2.90. The van der Waals surface area contributed by atoms with Gasteiger partial charge in [0.25, 0.3) is 5.91 Å². The molecule has 0 fully saturated rings. The molecule has 1 N–H and O–H groups in total. The molecule has 6 heteroatoms. The molecular formula is C15H11IN2O2S. The van der Waals surface area contributed by atoms with Crippen LogP contribution in [0.1, 0.15) is 10.4 Å². The predicted octanol–water partition coefficient (Wildman–Crippen LogP) is 4.16. The molecule has 3 rings (SSSR count). The van der Waals surface area contributed by atoms with Crippen molar-refractivity contribution in [3.05, 3.63) is 51.6 Å². The largest absolute Gasteiger partial charge is 0.494 e. The van der Waals surface area contributed by atoms with Crippen molar-refractivity contribution in [1.82, 2.24) is 4.98 Å². The molecule has 3 aromatic rings. The molecule has 4 nitrogen and oxygen atoms in total. The lowest BCUT2D eigenvalue weighted by atomic mass is 10.2. The van der Waals surface area contributed by atoms with Gasteiger partial charge in [0.2, 0.25) is 0 Å². The molecule has 0 bridgehead atoms. The number of fused-ring (bicyclic) bond motifs is 1. The van der Waals surface area contributed by atoms with E-state index in [4.69, 9.17) is 4.74 Å². The number of carbonyl (C=O) groups excluding carboxylic acids is 1. The van der Waals surface area contributed by atoms with Gasteiger partial charge in [0.15, 0.2) is 5.13 Å². The SMILES string of the molecule is COc1cccc2sc(NC(=O)c3ccc(I)cc3)nc12. The Labute approximate surface area is 139 Å². The zero-order valence-corrected chi connectivity index (χ0v) is 14.1. The number of halogens is 1. The Hall–Kier alpha value is -1.67. The summed E-state index contributed by atoms with van der Waals surface area (Å²) in [7, 11) is 1.61. The van der Waals surface area contributed by atoms with Crippen molar-refractivity contribution in [2.75, 3.05) is 12.4 Å². The molecule has 0 spiro atoms. The Morgan fingerprint density at radius 1 is 1.24 bits per heavy atom. The Balaban J connectivity index is 1.88. The van der Waals surface area contributed by atoms with E-state index in [1.165, 1.54) is 11.3 Å². The average molecular weight is 410 g/mol. The quantitative estimate of drug-likeness (QED) is 0.660. The summed E-state index contributed by atoms with van der Waals surface area (Å²) in [5, 5.41) is 3.40. The standard InChI is InChI=1S/C15H11IN2O2S/c1-20-11-3-2-4-12-13(11)17-15(21-12)18-14(19)9-5-7-10(16)8-6-9/h2-8H,1H3,(H,17,18,19). The van der Waals surface area contributed by atoms with Gasteiger partial charge in [-0.1, -0.05) is 17.4 Å². The van der Waals surface area contributed by atoms with Crippen LogP contribution in [0.15, 0.2) is 42.5 Å². The summed E-state index contributed by atoms with van der Waals surface area (Å²) >= 11 is 3.63. The number of nitrogens with one attached hydrogen (secondary N) is 1. The third-order valence-electron chi connectivity index (χ3n) is 2.93. The summed E-state index contributed by atoms with van der Waals surface area (Å²) < 4.78 is 7.34. The van der Waals surface area contributed by atoms with Crippen LogP contribution in [-0.2, 0) is 0 Å². The van der Waals surface area contributed by atoms with Crippen molar-refractivity contribution in [3.63, 3.8) is 0 Å². The fourth-order valence-electron chi connectivity index (χ4n) is 1.91. The molecule has 1 amide bonds. The normalized spacial score (nSPS) is 10.6. The molecule has 0 saturated heterocycles. The van der Waals surface area contributed by atoms with Crippen LogP contribution in [-0.4, -0.2) is 18.0 Å². The van der Waals surface area contributed by atoms with Gasteiger partial charge >= 0.3 is 0 Å². The number of ether oxygens (including phenoxy) is 1. The lowest BCUT2D eigenvalue weighted by Gasteiger charge is -2.01. The molecule has 0 unspecified atom stereocenters. The predicted molar refractivity (Wildman–Crippen MR) is 93.3 cm³/mol. The molecule has 0 atom stereocenters. The van der Waals surface area contributed by atoms with E-state index in [0.717, 1.165) is 13.8 Å². The number of anilines is 1. The summed E-state index contributed by atoms with van der Waals surface area (Å²) in [6, 6.07) is 13.1. The summed E-state index contributed by atoms with van der Waals surface area (Å²) in [6.45, 7) is 0. The molecule has 1 heterocycles. The minimum atomic E-state index is -0.163. The molecule has 0 radical (unpaired) electrons. The maximum Gasteiger partial charge on any atom is 0.257 e. The molecule has 1 aromatic heterocycles. The summed E-state index contributed by atoms with van der Waals surface area (Å²) in [5.74, 6) is 0.544. The van der Waals surface area contributed by atoms with Crippen LogP contribution in [0.25, 0.3) is 10.2 Å². The van der Waals surface area contributed by atoms with Crippen LogP contribution in [0.2, 0.25) is 0 Å². The minimum absolute atomic E-state index is 0.163. The zero-order valence-electron chi connectivity index (χ0n) is 11.1. The Morgan fingerprint density at radius 3 is 2.71 bits per heavy atom. The van der Waals surface area contributed by atoms with E-state index < -0.39 is 0 Å². The maximum atomic E-state index is 12.2. The number of hydrogen-bond acceptors (Lipinski definition) is 4. The van der Waals surface area contributed by atoms with E-state index in [0.29, 0.717) is 16.4 Å². The molecular weight excluding hydrogens is 399 g/mol. The Kier molecular flexibility index (Phi) is 4.07. The molecule has 21 heavy (non-hydrogen) atoms. The number of benzene rings is 2. The molecule has 2 aromatic carbocycles. The topological polar surface area (TPSA) is 51.2 Å². The van der Waals surface area contributed by atoms with E-state index in [9.17, 15) is 4.79 Å². The van der Waals surface area contributed by atoms with Crippen molar-refractivity contribution >= 4 is 55.2 Å². The lowest BCUT2D eigenvalue weighted by Crippen LogP contribution is -2.11. The van der Waals surface area contributed by atoms with Crippen LogP contribution in [0, 0.1) is 3.57 Å². The monoisotopic (exact) mass is 410 g/mol. The van der Waals surface area contributed by atoms with E-state index in [1.807, 2.05) is 30.3 Å². The Morgan fingerprint density at radius 2 is 2.00 bits per heavy atom. The molecule has 106 valence electrons. The molecule has 0 aliphatic rings. The maximum absolute atomic E-state index is 12.2. The van der Waals surface area contributed by atoms with Crippen LogP contribution >= 0.6 is 33.9 Å². The second-order valence-electron chi connectivity index (χ2n) is 4.29. The fraction of sp³-hybridized carbons (Fsp3) is 0.0667. The van der Waals surface area contributed by atoms with Crippen LogP contribution in [0.4, 0.5) is 5.13 Å². The highest BCUT2D eigenvalue weighted by molar-refractivity contribution is 14.1. The number of aromatic nitrogens is 1. The van der Waals surface area contributed by atoms with Crippen molar-refractivity contribution in [1.29, 1.82) is 0 Å². The third kappa shape index (κ3) is 3.01. The molecule has 0 aliphatic carbocycles. The summed E-state index contributed by atoms with van der Waals surface area (Å²) in [5.41, 5.74) is 1.38. The second-order valence-corrected chi connectivity index (χ2v) is 6.56. The van der Waals surface area contributed by atoms with E-state index in [-0.39, 0.29) is 5.91 Å². The number of nitrogens with zero attached hydrogens (tertiary/aromatic N) is 1. The second kappa shape index (κ2) is 5.98. The first-order valence-electron chi connectivity index (χ1n) is 6.18. The van der Waals surface area contributed by atoms with Gasteiger partial charge in [-0.25, -0.2) is 4.98 Å². The van der Waals surface area contributed by atoms with E-state index in [2.05, 4.69) is 32.9 Å². The van der Waals surface area contributed by atoms with Crippen molar-refractivity contribution in [2.45, 2.75) is 0 Å². The van der Waals surface area contributed by atoms with Gasteiger partial charge in [-0.05, 0) is 59.0 Å². The van der Waals surface area contributed by atoms with Gasteiger partial charge in [-0.2, -0.15) is 0 Å². The van der Waals surface area contributed by atoms with Gasteiger partial charge in [0, 0.05) is 9.13 Å². The number of methoxy groups -OCH3 is 1. The van der Waals surface area contributed by atoms with Gasteiger partial charge < -0.3 is 4.74 Å². The van der Waals surface area contributed by atoms with Crippen LogP contribution < -0.4 is 10.1 Å². The highest BCUT2D eigenvalue weighted by Crippen LogP contribution is 2.32. The van der Waals surface area contributed by atoms with Crippen LogP contribution in [0.5, 0.6) is 5.75 Å². The smallest absolute Gasteiger partial charge is 0.257 e. The first-order chi connectivity index (χ1) is 10.2. The highest BCUT2D eigenvalue weighted by atomic mass is 127. The first kappa shape index (κ1) is 14.3.